The maximum atomic E-state index is 12.1. The third-order valence-corrected chi connectivity index (χ3v) is 3.83. The first-order valence-electron chi connectivity index (χ1n) is 8.68. The average molecular weight is 345 g/mol. The lowest BCUT2D eigenvalue weighted by atomic mass is 10.2. The Kier molecular flexibility index (Phi) is 6.80. The summed E-state index contributed by atoms with van der Waals surface area (Å²) in [6, 6.07) is 7.21. The smallest absolute Gasteiger partial charge is 0.319 e. The Hall–Kier alpha value is -2.57. The number of urea groups is 1. The summed E-state index contributed by atoms with van der Waals surface area (Å²) in [5, 5.41) is 10.0. The van der Waals surface area contributed by atoms with Crippen LogP contribution in [0.1, 0.15) is 38.3 Å². The molecule has 0 radical (unpaired) electrons. The molecule has 2 rings (SSSR count). The average Bonchev–Trinajstić information content (AvgIpc) is 2.90. The predicted octanol–water partition coefficient (Wildman–Crippen LogP) is 3.28. The van der Waals surface area contributed by atoms with Crippen molar-refractivity contribution in [3.8, 4) is 5.75 Å². The van der Waals surface area contributed by atoms with E-state index in [0.29, 0.717) is 18.0 Å². The lowest BCUT2D eigenvalue weighted by Crippen LogP contribution is -2.30. The van der Waals surface area contributed by atoms with E-state index in [1.807, 2.05) is 49.7 Å². The first-order chi connectivity index (χ1) is 12.0. The summed E-state index contributed by atoms with van der Waals surface area (Å²) in [4.78, 5) is 16.3. The van der Waals surface area contributed by atoms with Gasteiger partial charge in [-0.25, -0.2) is 9.78 Å². The van der Waals surface area contributed by atoms with Crippen molar-refractivity contribution in [1.82, 2.24) is 20.1 Å². The van der Waals surface area contributed by atoms with E-state index in [-0.39, 0.29) is 12.1 Å². The van der Waals surface area contributed by atoms with Crippen LogP contribution in [0.25, 0.3) is 0 Å². The van der Waals surface area contributed by atoms with E-state index in [4.69, 9.17) is 4.74 Å². The van der Waals surface area contributed by atoms with Crippen LogP contribution in [0, 0.1) is 13.8 Å². The maximum absolute atomic E-state index is 12.1. The van der Waals surface area contributed by atoms with Crippen LogP contribution in [-0.2, 0) is 6.54 Å². The molecule has 1 heterocycles. The number of aromatic nitrogens is 3. The van der Waals surface area contributed by atoms with E-state index < -0.39 is 0 Å². The molecule has 0 aliphatic rings. The number of para-hydroxylation sites is 2. The highest BCUT2D eigenvalue weighted by Gasteiger charge is 2.09. The van der Waals surface area contributed by atoms with Gasteiger partial charge in [-0.1, -0.05) is 19.1 Å². The van der Waals surface area contributed by atoms with Gasteiger partial charge in [0.25, 0.3) is 0 Å². The minimum absolute atomic E-state index is 0.0976. The maximum Gasteiger partial charge on any atom is 0.319 e. The fraction of sp³-hybridized carbons (Fsp3) is 0.500. The second-order valence-electron chi connectivity index (χ2n) is 6.00. The molecule has 0 saturated carbocycles. The van der Waals surface area contributed by atoms with Gasteiger partial charge < -0.3 is 15.4 Å². The fourth-order valence-electron chi connectivity index (χ4n) is 2.34. The molecular weight excluding hydrogens is 318 g/mol. The second kappa shape index (κ2) is 9.05. The molecule has 0 fully saturated rings. The Morgan fingerprint density at radius 3 is 2.76 bits per heavy atom. The summed E-state index contributed by atoms with van der Waals surface area (Å²) in [5.41, 5.74) is 0.669. The van der Waals surface area contributed by atoms with Gasteiger partial charge in [0.15, 0.2) is 0 Å². The highest BCUT2D eigenvalue weighted by molar-refractivity contribution is 5.90. The number of carbonyl (C=O) groups excluding carboxylic acids is 1. The molecule has 1 aromatic heterocycles. The third-order valence-electron chi connectivity index (χ3n) is 3.83. The minimum atomic E-state index is -0.244. The number of aryl methyl sites for hydroxylation is 3. The van der Waals surface area contributed by atoms with Crippen molar-refractivity contribution < 1.29 is 9.53 Å². The highest BCUT2D eigenvalue weighted by Crippen LogP contribution is 2.25. The van der Waals surface area contributed by atoms with Gasteiger partial charge in [0.05, 0.1) is 11.8 Å². The van der Waals surface area contributed by atoms with E-state index in [0.717, 1.165) is 31.0 Å². The molecular formula is C18H27N5O2. The quantitative estimate of drug-likeness (QED) is 0.720. The minimum Gasteiger partial charge on any atom is -0.489 e. The molecule has 0 saturated heterocycles. The Balaban J connectivity index is 1.79. The van der Waals surface area contributed by atoms with Crippen LogP contribution in [0.3, 0.4) is 0 Å². The van der Waals surface area contributed by atoms with Crippen LogP contribution in [0.2, 0.25) is 0 Å². The molecule has 7 heteroatoms. The molecule has 2 aromatic rings. The van der Waals surface area contributed by atoms with E-state index in [2.05, 4.69) is 27.6 Å². The Bertz CT molecular complexity index is 699. The van der Waals surface area contributed by atoms with Crippen molar-refractivity contribution in [2.75, 3.05) is 11.9 Å². The first kappa shape index (κ1) is 18.8. The highest BCUT2D eigenvalue weighted by atomic mass is 16.5. The molecule has 7 nitrogen and oxygen atoms in total. The van der Waals surface area contributed by atoms with Gasteiger partial charge >= 0.3 is 6.03 Å². The molecule has 0 spiro atoms. The SMILES string of the molecule is CC[C@@H](C)Oc1ccccc1NC(=O)NCCCn1nc(C)nc1C. The summed E-state index contributed by atoms with van der Waals surface area (Å²) in [6.45, 7) is 9.14. The number of rotatable bonds is 8. The lowest BCUT2D eigenvalue weighted by Gasteiger charge is -2.16. The molecule has 0 aliphatic carbocycles. The zero-order chi connectivity index (χ0) is 18.2. The van der Waals surface area contributed by atoms with Gasteiger partial charge in [-0.15, -0.1) is 0 Å². The van der Waals surface area contributed by atoms with Crippen molar-refractivity contribution in [2.24, 2.45) is 0 Å². The topological polar surface area (TPSA) is 81.1 Å². The third kappa shape index (κ3) is 5.77. The van der Waals surface area contributed by atoms with Crippen LogP contribution in [0.15, 0.2) is 24.3 Å². The number of ether oxygens (including phenoxy) is 1. The number of anilines is 1. The largest absolute Gasteiger partial charge is 0.489 e. The van der Waals surface area contributed by atoms with Crippen LogP contribution < -0.4 is 15.4 Å². The van der Waals surface area contributed by atoms with Crippen LogP contribution >= 0.6 is 0 Å². The Morgan fingerprint density at radius 2 is 2.08 bits per heavy atom. The fourth-order valence-corrected chi connectivity index (χ4v) is 2.34. The zero-order valence-electron chi connectivity index (χ0n) is 15.4. The molecule has 2 amide bonds. The van der Waals surface area contributed by atoms with Gasteiger partial charge in [0.1, 0.15) is 17.4 Å². The van der Waals surface area contributed by atoms with E-state index in [9.17, 15) is 4.79 Å². The summed E-state index contributed by atoms with van der Waals surface area (Å²) < 4.78 is 7.68. The molecule has 136 valence electrons. The number of amides is 2. The molecule has 0 unspecified atom stereocenters. The van der Waals surface area contributed by atoms with E-state index >= 15 is 0 Å². The number of hydrogen-bond donors (Lipinski definition) is 2. The first-order valence-corrected chi connectivity index (χ1v) is 8.68. The Morgan fingerprint density at radius 1 is 1.32 bits per heavy atom. The van der Waals surface area contributed by atoms with Crippen LogP contribution in [-0.4, -0.2) is 33.4 Å². The van der Waals surface area contributed by atoms with Crippen molar-refractivity contribution in [3.63, 3.8) is 0 Å². The molecule has 25 heavy (non-hydrogen) atoms. The van der Waals surface area contributed by atoms with Crippen LogP contribution in [0.4, 0.5) is 10.5 Å². The van der Waals surface area contributed by atoms with Gasteiger partial charge in [-0.3, -0.25) is 4.68 Å². The zero-order valence-corrected chi connectivity index (χ0v) is 15.4. The number of benzene rings is 1. The monoisotopic (exact) mass is 345 g/mol. The van der Waals surface area contributed by atoms with Crippen molar-refractivity contribution in [1.29, 1.82) is 0 Å². The number of carbonyl (C=O) groups is 1. The molecule has 0 bridgehead atoms. The van der Waals surface area contributed by atoms with Gasteiger partial charge in [-0.05, 0) is 45.7 Å². The summed E-state index contributed by atoms with van der Waals surface area (Å²) in [5.74, 6) is 2.33. The summed E-state index contributed by atoms with van der Waals surface area (Å²) in [6.07, 6.45) is 1.78. The van der Waals surface area contributed by atoms with E-state index in [1.54, 1.807) is 0 Å². The summed E-state index contributed by atoms with van der Waals surface area (Å²) >= 11 is 0. The summed E-state index contributed by atoms with van der Waals surface area (Å²) in [7, 11) is 0. The predicted molar refractivity (Wildman–Crippen MR) is 98.0 cm³/mol. The molecule has 2 N–H and O–H groups in total. The normalized spacial score (nSPS) is 11.8. The second-order valence-corrected chi connectivity index (χ2v) is 6.00. The van der Waals surface area contributed by atoms with Gasteiger partial charge in [0.2, 0.25) is 0 Å². The molecule has 1 atom stereocenters. The number of nitrogens with zero attached hydrogens (tertiary/aromatic N) is 3. The number of nitrogens with one attached hydrogen (secondary N) is 2. The lowest BCUT2D eigenvalue weighted by molar-refractivity contribution is 0.218. The van der Waals surface area contributed by atoms with Gasteiger partial charge in [0, 0.05) is 13.1 Å². The van der Waals surface area contributed by atoms with Crippen molar-refractivity contribution in [3.05, 3.63) is 35.9 Å². The van der Waals surface area contributed by atoms with Crippen molar-refractivity contribution in [2.45, 2.75) is 53.2 Å². The number of hydrogen-bond acceptors (Lipinski definition) is 4. The van der Waals surface area contributed by atoms with Crippen molar-refractivity contribution >= 4 is 11.7 Å². The van der Waals surface area contributed by atoms with Gasteiger partial charge in [-0.2, -0.15) is 5.10 Å². The van der Waals surface area contributed by atoms with E-state index in [1.165, 1.54) is 0 Å². The molecule has 1 aromatic carbocycles. The van der Waals surface area contributed by atoms with Crippen LogP contribution in [0.5, 0.6) is 5.75 Å². The molecule has 0 aliphatic heterocycles. The Labute approximate surface area is 148 Å². The standard InChI is InChI=1S/C18H27N5O2/c1-5-13(2)25-17-10-7-6-9-16(17)21-18(24)19-11-8-12-23-15(4)20-14(3)22-23/h6-7,9-10,13H,5,8,11-12H2,1-4H3,(H2,19,21,24)/t13-/m1/s1.